The number of carboxylic acid groups (broad SMARTS) is 1. The van der Waals surface area contributed by atoms with Crippen LogP contribution in [0.2, 0.25) is 0 Å². The van der Waals surface area contributed by atoms with Crippen molar-refractivity contribution in [2.45, 2.75) is 6.61 Å². The first-order valence-corrected chi connectivity index (χ1v) is 8.18. The molecule has 0 spiro atoms. The minimum Gasteiger partial charge on any atom is -0.475 e. The number of carboxylic acids is 1. The van der Waals surface area contributed by atoms with Crippen LogP contribution >= 0.6 is 0 Å². The molecule has 0 saturated heterocycles. The van der Waals surface area contributed by atoms with Gasteiger partial charge in [-0.15, -0.1) is 4.31 Å². The topological polar surface area (TPSA) is 114 Å². The molecule has 0 saturated carbocycles. The van der Waals surface area contributed by atoms with Crippen LogP contribution in [-0.2, 0) is 21.4 Å². The molecule has 0 fully saturated rings. The number of hydrogen-bond acceptors (Lipinski definition) is 6. The van der Waals surface area contributed by atoms with Crippen molar-refractivity contribution in [3.05, 3.63) is 53.8 Å². The molecule has 0 radical (unpaired) electrons. The van der Waals surface area contributed by atoms with Crippen LogP contribution < -0.4 is 4.31 Å². The summed E-state index contributed by atoms with van der Waals surface area (Å²) in [6.07, 6.45) is -0.414. The molecular weight excluding hydrogens is 326 g/mol. The average molecular weight is 339 g/mol. The number of hydrogen-bond donors (Lipinski definition) is 1. The van der Waals surface area contributed by atoms with E-state index in [0.717, 1.165) is 18.4 Å². The van der Waals surface area contributed by atoms with E-state index >= 15 is 0 Å². The van der Waals surface area contributed by atoms with Crippen molar-refractivity contribution in [1.82, 2.24) is 0 Å². The summed E-state index contributed by atoms with van der Waals surface area (Å²) in [4.78, 5) is 22.8. The summed E-state index contributed by atoms with van der Waals surface area (Å²) in [6.45, 7) is -0.141. The highest BCUT2D eigenvalue weighted by atomic mass is 32.2. The number of rotatable bonds is 5. The van der Waals surface area contributed by atoms with Gasteiger partial charge in [-0.3, -0.25) is 0 Å². The van der Waals surface area contributed by atoms with Gasteiger partial charge in [-0.25, -0.2) is 18.0 Å². The Balaban J connectivity index is 2.21. The molecular formula is C14H13NO7S. The first-order valence-electron chi connectivity index (χ1n) is 6.33. The number of nitrogens with zero attached hydrogens (tertiary/aromatic N) is 1. The van der Waals surface area contributed by atoms with Crippen LogP contribution in [-0.4, -0.2) is 31.8 Å². The highest BCUT2D eigenvalue weighted by Crippen LogP contribution is 2.22. The van der Waals surface area contributed by atoms with E-state index in [9.17, 15) is 18.0 Å². The lowest BCUT2D eigenvalue weighted by molar-refractivity contribution is 0.0662. The third kappa shape index (κ3) is 4.10. The van der Waals surface area contributed by atoms with Crippen molar-refractivity contribution >= 4 is 28.0 Å². The molecule has 1 aromatic heterocycles. The number of furan rings is 1. The van der Waals surface area contributed by atoms with Gasteiger partial charge in [0.25, 0.3) is 0 Å². The summed E-state index contributed by atoms with van der Waals surface area (Å²) in [5.74, 6) is -2.34. The fourth-order valence-corrected chi connectivity index (χ4v) is 2.47. The largest absolute Gasteiger partial charge is 0.475 e. The molecule has 1 heterocycles. The Morgan fingerprint density at radius 2 is 1.83 bits per heavy atom. The predicted octanol–water partition coefficient (Wildman–Crippen LogP) is 2.08. The van der Waals surface area contributed by atoms with Crippen LogP contribution in [0.3, 0.4) is 0 Å². The van der Waals surface area contributed by atoms with E-state index in [2.05, 4.69) is 0 Å². The Morgan fingerprint density at radius 3 is 2.35 bits per heavy atom. The highest BCUT2D eigenvalue weighted by molar-refractivity contribution is 7.92. The summed E-state index contributed by atoms with van der Waals surface area (Å²) in [5, 5.41) is 8.80. The van der Waals surface area contributed by atoms with Crippen LogP contribution in [0.15, 0.2) is 46.9 Å². The number of amides is 1. The zero-order valence-electron chi connectivity index (χ0n) is 12.0. The van der Waals surface area contributed by atoms with Crippen molar-refractivity contribution in [3.63, 3.8) is 0 Å². The number of benzene rings is 1. The average Bonchev–Trinajstić information content (AvgIpc) is 2.94. The maximum absolute atomic E-state index is 12.1. The molecule has 9 heteroatoms. The maximum atomic E-state index is 12.1. The number of ether oxygens (including phenoxy) is 1. The summed E-state index contributed by atoms with van der Waals surface area (Å²) >= 11 is 0. The molecule has 1 N–H and O–H groups in total. The maximum Gasteiger partial charge on any atom is 0.431 e. The van der Waals surface area contributed by atoms with E-state index < -0.39 is 33.7 Å². The van der Waals surface area contributed by atoms with Crippen LogP contribution in [0.25, 0.3) is 0 Å². The second kappa shape index (κ2) is 6.53. The van der Waals surface area contributed by atoms with Crippen LogP contribution in [0.1, 0.15) is 16.1 Å². The van der Waals surface area contributed by atoms with Gasteiger partial charge in [0.2, 0.25) is 21.7 Å². The molecule has 2 aromatic rings. The monoisotopic (exact) mass is 339 g/mol. The molecule has 23 heavy (non-hydrogen) atoms. The molecule has 0 unspecified atom stereocenters. The van der Waals surface area contributed by atoms with E-state index in [-0.39, 0.29) is 10.9 Å². The zero-order valence-corrected chi connectivity index (χ0v) is 12.8. The molecule has 0 bridgehead atoms. The van der Waals surface area contributed by atoms with Crippen molar-refractivity contribution in [3.8, 4) is 0 Å². The van der Waals surface area contributed by atoms with E-state index in [1.54, 1.807) is 30.3 Å². The Kier molecular flexibility index (Phi) is 4.70. The molecule has 122 valence electrons. The summed E-state index contributed by atoms with van der Waals surface area (Å²) in [5.41, 5.74) is 0.667. The molecule has 0 aliphatic heterocycles. The quantitative estimate of drug-likeness (QED) is 0.887. The second-order valence-corrected chi connectivity index (χ2v) is 6.34. The molecule has 0 aliphatic rings. The van der Waals surface area contributed by atoms with E-state index in [1.807, 2.05) is 0 Å². The first kappa shape index (κ1) is 16.6. The van der Waals surface area contributed by atoms with Crippen LogP contribution in [0.4, 0.5) is 10.7 Å². The molecule has 2 rings (SSSR count). The lowest BCUT2D eigenvalue weighted by Gasteiger charge is -2.17. The number of sulfonamides is 1. The summed E-state index contributed by atoms with van der Waals surface area (Å²) in [6, 6.07) is 10.8. The predicted molar refractivity (Wildman–Crippen MR) is 79.6 cm³/mol. The molecule has 0 aliphatic carbocycles. The molecule has 1 amide bonds. The number of anilines is 1. The lowest BCUT2D eigenvalue weighted by Crippen LogP contribution is -2.36. The summed E-state index contributed by atoms with van der Waals surface area (Å²) < 4.78 is 33.6. The van der Waals surface area contributed by atoms with Gasteiger partial charge in [0.05, 0.1) is 6.26 Å². The lowest BCUT2D eigenvalue weighted by atomic mass is 10.2. The van der Waals surface area contributed by atoms with E-state index in [0.29, 0.717) is 5.56 Å². The summed E-state index contributed by atoms with van der Waals surface area (Å²) in [7, 11) is -4.06. The zero-order chi connectivity index (χ0) is 17.0. The normalized spacial score (nSPS) is 11.0. The fraction of sp³-hybridized carbons (Fsp3) is 0.143. The minimum atomic E-state index is -4.06. The van der Waals surface area contributed by atoms with Crippen LogP contribution in [0, 0.1) is 0 Å². The Labute approximate surface area is 131 Å². The van der Waals surface area contributed by atoms with E-state index in [4.69, 9.17) is 14.3 Å². The Morgan fingerprint density at radius 1 is 1.17 bits per heavy atom. The van der Waals surface area contributed by atoms with Gasteiger partial charge in [0, 0.05) is 6.07 Å². The smallest absolute Gasteiger partial charge is 0.431 e. The van der Waals surface area contributed by atoms with Gasteiger partial charge in [-0.05, 0) is 11.6 Å². The number of carbonyl (C=O) groups excluding carboxylic acids is 1. The van der Waals surface area contributed by atoms with Gasteiger partial charge < -0.3 is 14.3 Å². The first-order chi connectivity index (χ1) is 10.8. The van der Waals surface area contributed by atoms with Gasteiger partial charge >= 0.3 is 12.1 Å². The third-order valence-corrected chi connectivity index (χ3v) is 3.70. The van der Waals surface area contributed by atoms with Gasteiger partial charge in [-0.1, -0.05) is 30.3 Å². The standard InChI is InChI=1S/C14H13NO7S/c1-23(19,20)15(12-8-7-11(22-12)13(16)17)14(18)21-9-10-5-3-2-4-6-10/h2-8H,9H2,1H3,(H,16,17). The second-order valence-electron chi connectivity index (χ2n) is 4.51. The SMILES string of the molecule is CS(=O)(=O)N(C(=O)OCc1ccccc1)c1ccc(C(=O)O)o1. The Hall–Kier alpha value is -2.81. The Bertz CT molecular complexity index is 811. The van der Waals surface area contributed by atoms with Gasteiger partial charge in [0.1, 0.15) is 6.61 Å². The van der Waals surface area contributed by atoms with Crippen molar-refractivity contribution < 1.29 is 32.3 Å². The van der Waals surface area contributed by atoms with Gasteiger partial charge in [0.15, 0.2) is 0 Å². The minimum absolute atomic E-state index is 0.141. The van der Waals surface area contributed by atoms with Crippen LogP contribution in [0.5, 0.6) is 0 Å². The van der Waals surface area contributed by atoms with Crippen molar-refractivity contribution in [2.75, 3.05) is 10.6 Å². The third-order valence-electron chi connectivity index (χ3n) is 2.71. The van der Waals surface area contributed by atoms with E-state index in [1.165, 1.54) is 0 Å². The highest BCUT2D eigenvalue weighted by Gasteiger charge is 2.30. The molecule has 0 atom stereocenters. The number of carbonyl (C=O) groups is 2. The van der Waals surface area contributed by atoms with Crippen molar-refractivity contribution in [1.29, 1.82) is 0 Å². The molecule has 1 aromatic carbocycles. The van der Waals surface area contributed by atoms with Crippen molar-refractivity contribution in [2.24, 2.45) is 0 Å². The fourth-order valence-electron chi connectivity index (χ4n) is 1.72. The molecule has 8 nitrogen and oxygen atoms in total. The van der Waals surface area contributed by atoms with Gasteiger partial charge in [-0.2, -0.15) is 0 Å². The number of aromatic carboxylic acids is 1.